The van der Waals surface area contributed by atoms with Gasteiger partial charge in [-0.05, 0) is 61.0 Å². The van der Waals surface area contributed by atoms with Gasteiger partial charge in [-0.25, -0.2) is 4.90 Å². The molecule has 0 aromatic heterocycles. The second-order valence-electron chi connectivity index (χ2n) is 7.28. The van der Waals surface area contributed by atoms with E-state index in [0.29, 0.717) is 38.2 Å². The first-order valence-corrected chi connectivity index (χ1v) is 11.4. The van der Waals surface area contributed by atoms with Crippen LogP contribution in [-0.4, -0.2) is 17.7 Å². The molecule has 1 aliphatic rings. The summed E-state index contributed by atoms with van der Waals surface area (Å²) in [6.45, 7) is 1.71. The second-order valence-corrected chi connectivity index (χ2v) is 8.85. The van der Waals surface area contributed by atoms with E-state index in [1.165, 1.54) is 0 Å². The number of hydrogen-bond donors (Lipinski definition) is 2. The topological polar surface area (TPSA) is 78.5 Å². The highest BCUT2D eigenvalue weighted by atomic mass is 35.5. The minimum atomic E-state index is -0.658. The molecule has 6 nitrogen and oxygen atoms in total. The van der Waals surface area contributed by atoms with Crippen LogP contribution in [0.25, 0.3) is 0 Å². The number of imide groups is 1. The fraction of sp³-hybridized carbons (Fsp3) is 0.0417. The molecular weight excluding hydrogens is 520 g/mol. The molecule has 0 radical (unpaired) electrons. The first kappa shape index (κ1) is 24.1. The van der Waals surface area contributed by atoms with Crippen LogP contribution in [0.2, 0.25) is 15.1 Å². The molecule has 34 heavy (non-hydrogen) atoms. The Morgan fingerprint density at radius 2 is 1.47 bits per heavy atom. The summed E-state index contributed by atoms with van der Waals surface area (Å²) in [6.07, 6.45) is 0. The quantitative estimate of drug-likeness (QED) is 0.359. The van der Waals surface area contributed by atoms with E-state index in [-0.39, 0.29) is 15.8 Å². The van der Waals surface area contributed by atoms with Crippen molar-refractivity contribution in [3.05, 3.63) is 97.6 Å². The third-order valence-corrected chi connectivity index (χ3v) is 6.70. The highest BCUT2D eigenvalue weighted by molar-refractivity contribution is 6.53. The van der Waals surface area contributed by atoms with Crippen LogP contribution in [-0.2, 0) is 9.59 Å². The zero-order chi connectivity index (χ0) is 24.6. The van der Waals surface area contributed by atoms with Crippen molar-refractivity contribution in [1.82, 2.24) is 0 Å². The van der Waals surface area contributed by atoms with Crippen LogP contribution in [0, 0.1) is 6.92 Å². The monoisotopic (exact) mass is 533 g/mol. The summed E-state index contributed by atoms with van der Waals surface area (Å²) in [7, 11) is 0. The molecular formula is C24H15Cl4N3O3. The van der Waals surface area contributed by atoms with Gasteiger partial charge in [-0.15, -0.1) is 0 Å². The standard InChI is InChI=1S/C24H15Cl4N3O3/c1-12-15(25)4-3-7-18(12)31-23(33)20(28)21(24(31)34)29-14-10-8-13(9-11-14)22(32)30-17-6-2-5-16(26)19(17)27/h2-11,29H,1H3,(H,30,32). The molecule has 0 unspecified atom stereocenters. The molecule has 1 heterocycles. The van der Waals surface area contributed by atoms with E-state index in [1.54, 1.807) is 67.6 Å². The summed E-state index contributed by atoms with van der Waals surface area (Å²) in [5.41, 5.74) is 2.03. The van der Waals surface area contributed by atoms with E-state index in [9.17, 15) is 14.4 Å². The lowest BCUT2D eigenvalue weighted by Crippen LogP contribution is -2.32. The first-order valence-electron chi connectivity index (χ1n) is 9.85. The van der Waals surface area contributed by atoms with Crippen molar-refractivity contribution in [2.75, 3.05) is 15.5 Å². The van der Waals surface area contributed by atoms with Gasteiger partial charge in [0.25, 0.3) is 17.7 Å². The highest BCUT2D eigenvalue weighted by Crippen LogP contribution is 2.34. The molecule has 10 heteroatoms. The maximum atomic E-state index is 13.0. The van der Waals surface area contributed by atoms with E-state index in [2.05, 4.69) is 10.6 Å². The Kier molecular flexibility index (Phi) is 6.86. The van der Waals surface area contributed by atoms with Crippen LogP contribution in [0.5, 0.6) is 0 Å². The number of halogens is 4. The Morgan fingerprint density at radius 3 is 2.18 bits per heavy atom. The number of amides is 3. The molecule has 0 bridgehead atoms. The number of anilines is 3. The van der Waals surface area contributed by atoms with Gasteiger partial charge < -0.3 is 10.6 Å². The van der Waals surface area contributed by atoms with Gasteiger partial charge in [0.15, 0.2) is 0 Å². The van der Waals surface area contributed by atoms with Gasteiger partial charge in [0.2, 0.25) is 0 Å². The highest BCUT2D eigenvalue weighted by Gasteiger charge is 2.39. The van der Waals surface area contributed by atoms with Crippen molar-refractivity contribution < 1.29 is 14.4 Å². The molecule has 0 atom stereocenters. The largest absolute Gasteiger partial charge is 0.350 e. The van der Waals surface area contributed by atoms with Gasteiger partial charge >= 0.3 is 0 Å². The molecule has 0 spiro atoms. The molecule has 4 rings (SSSR count). The van der Waals surface area contributed by atoms with Crippen LogP contribution in [0.3, 0.4) is 0 Å². The number of carbonyl (C=O) groups excluding carboxylic acids is 3. The lowest BCUT2D eigenvalue weighted by atomic mass is 10.1. The molecule has 3 amide bonds. The summed E-state index contributed by atoms with van der Waals surface area (Å²) in [6, 6.07) is 16.1. The summed E-state index contributed by atoms with van der Waals surface area (Å²) >= 11 is 24.4. The molecule has 0 fully saturated rings. The normalized spacial score (nSPS) is 13.5. The van der Waals surface area contributed by atoms with Gasteiger partial charge in [0, 0.05) is 16.3 Å². The Bertz CT molecular complexity index is 1370. The van der Waals surface area contributed by atoms with Crippen LogP contribution in [0.1, 0.15) is 15.9 Å². The Labute approximate surface area is 215 Å². The molecule has 3 aromatic carbocycles. The molecule has 0 saturated heterocycles. The minimum Gasteiger partial charge on any atom is -0.350 e. The Hall–Kier alpha value is -3.03. The molecule has 0 aliphatic carbocycles. The van der Waals surface area contributed by atoms with Crippen molar-refractivity contribution in [2.45, 2.75) is 6.92 Å². The van der Waals surface area contributed by atoms with Gasteiger partial charge in [-0.2, -0.15) is 0 Å². The minimum absolute atomic E-state index is 0.0750. The van der Waals surface area contributed by atoms with E-state index < -0.39 is 17.7 Å². The van der Waals surface area contributed by atoms with Crippen LogP contribution in [0.4, 0.5) is 17.1 Å². The fourth-order valence-corrected chi connectivity index (χ4v) is 4.04. The predicted molar refractivity (Wildman–Crippen MR) is 136 cm³/mol. The van der Waals surface area contributed by atoms with Crippen molar-refractivity contribution in [2.24, 2.45) is 0 Å². The maximum absolute atomic E-state index is 13.0. The number of rotatable bonds is 5. The second kappa shape index (κ2) is 9.68. The van der Waals surface area contributed by atoms with E-state index >= 15 is 0 Å². The molecule has 0 saturated carbocycles. The van der Waals surface area contributed by atoms with Crippen molar-refractivity contribution >= 4 is 81.2 Å². The summed E-state index contributed by atoms with van der Waals surface area (Å²) in [4.78, 5) is 39.2. The van der Waals surface area contributed by atoms with Gasteiger partial charge in [0.05, 0.1) is 21.4 Å². The van der Waals surface area contributed by atoms with Crippen LogP contribution in [0.15, 0.2) is 71.4 Å². The maximum Gasteiger partial charge on any atom is 0.283 e. The number of nitrogens with one attached hydrogen (secondary N) is 2. The van der Waals surface area contributed by atoms with Crippen LogP contribution >= 0.6 is 46.4 Å². The SMILES string of the molecule is Cc1c(Cl)cccc1N1C(=O)C(Cl)=C(Nc2ccc(C(=O)Nc3cccc(Cl)c3Cl)cc2)C1=O. The van der Waals surface area contributed by atoms with Crippen LogP contribution < -0.4 is 15.5 Å². The van der Waals surface area contributed by atoms with Crippen molar-refractivity contribution in [1.29, 1.82) is 0 Å². The van der Waals surface area contributed by atoms with E-state index in [0.717, 1.165) is 4.90 Å². The van der Waals surface area contributed by atoms with Crippen molar-refractivity contribution in [3.8, 4) is 0 Å². The lowest BCUT2D eigenvalue weighted by Gasteiger charge is -2.18. The molecule has 1 aliphatic heterocycles. The zero-order valence-electron chi connectivity index (χ0n) is 17.5. The summed E-state index contributed by atoms with van der Waals surface area (Å²) in [5.74, 6) is -1.67. The molecule has 2 N–H and O–H groups in total. The summed E-state index contributed by atoms with van der Waals surface area (Å²) < 4.78 is 0. The van der Waals surface area contributed by atoms with Gasteiger partial charge in [0.1, 0.15) is 10.7 Å². The average Bonchev–Trinajstić information content (AvgIpc) is 3.02. The van der Waals surface area contributed by atoms with E-state index in [1.807, 2.05) is 0 Å². The number of benzene rings is 3. The zero-order valence-corrected chi connectivity index (χ0v) is 20.5. The summed E-state index contributed by atoms with van der Waals surface area (Å²) in [5, 5.41) is 6.29. The Morgan fingerprint density at radius 1 is 0.824 bits per heavy atom. The van der Waals surface area contributed by atoms with Gasteiger partial charge in [-0.3, -0.25) is 14.4 Å². The van der Waals surface area contributed by atoms with Crippen molar-refractivity contribution in [3.63, 3.8) is 0 Å². The molecule has 172 valence electrons. The van der Waals surface area contributed by atoms with E-state index in [4.69, 9.17) is 46.4 Å². The number of carbonyl (C=O) groups is 3. The lowest BCUT2D eigenvalue weighted by molar-refractivity contribution is -0.120. The third kappa shape index (κ3) is 4.50. The number of nitrogens with zero attached hydrogens (tertiary/aromatic N) is 1. The number of hydrogen-bond acceptors (Lipinski definition) is 4. The smallest absolute Gasteiger partial charge is 0.283 e. The third-order valence-electron chi connectivity index (χ3n) is 5.12. The first-order chi connectivity index (χ1) is 16.2. The van der Waals surface area contributed by atoms with Gasteiger partial charge in [-0.1, -0.05) is 58.5 Å². The fourth-order valence-electron chi connectivity index (χ4n) is 3.31. The molecule has 3 aromatic rings. The predicted octanol–water partition coefficient (Wildman–Crippen LogP) is 6.64. The average molecular weight is 535 g/mol. The Balaban J connectivity index is 1.51.